The molecule has 4 nitrogen and oxygen atoms in total. The summed E-state index contributed by atoms with van der Waals surface area (Å²) >= 11 is 0. The Morgan fingerprint density at radius 1 is 1.11 bits per heavy atom. The number of unbranched alkanes of at least 4 members (excludes halogenated alkanes) is 5. The third-order valence-electron chi connectivity index (χ3n) is 3.94. The van der Waals surface area contributed by atoms with Gasteiger partial charge in [-0.2, -0.15) is 0 Å². The van der Waals surface area contributed by atoms with Crippen LogP contribution in [0.3, 0.4) is 0 Å². The van der Waals surface area contributed by atoms with Crippen LogP contribution in [0, 0.1) is 5.92 Å². The molecule has 1 fully saturated rings. The molecule has 1 amide bonds. The number of carbonyl (C=O) groups is 2. The summed E-state index contributed by atoms with van der Waals surface area (Å²) in [7, 11) is 0. The van der Waals surface area contributed by atoms with Gasteiger partial charge < -0.3 is 10.4 Å². The van der Waals surface area contributed by atoms with Crippen molar-refractivity contribution in [2.45, 2.75) is 77.2 Å². The minimum atomic E-state index is -0.776. The monoisotopic (exact) mass is 269 g/mol. The lowest BCUT2D eigenvalue weighted by atomic mass is 10.0. The van der Waals surface area contributed by atoms with Crippen LogP contribution in [0.4, 0.5) is 0 Å². The maximum Gasteiger partial charge on any atom is 0.308 e. The summed E-state index contributed by atoms with van der Waals surface area (Å²) in [5, 5.41) is 11.9. The van der Waals surface area contributed by atoms with Crippen LogP contribution < -0.4 is 5.32 Å². The highest BCUT2D eigenvalue weighted by Crippen LogP contribution is 2.25. The number of aliphatic carboxylic acids is 1. The van der Waals surface area contributed by atoms with Gasteiger partial charge in [0, 0.05) is 12.5 Å². The molecule has 2 atom stereocenters. The standard InChI is InChI=1S/C15H27NO3/c1-2-3-4-5-6-7-11-14(17)16-13-10-8-9-12(13)15(18)19/h12-13H,2-11H2,1H3,(H,16,17)(H,18,19). The molecule has 0 heterocycles. The number of nitrogens with one attached hydrogen (secondary N) is 1. The molecule has 1 saturated carbocycles. The quantitative estimate of drug-likeness (QED) is 0.632. The van der Waals surface area contributed by atoms with E-state index in [1.807, 2.05) is 0 Å². The Labute approximate surface area is 116 Å². The van der Waals surface area contributed by atoms with Gasteiger partial charge in [-0.3, -0.25) is 9.59 Å². The van der Waals surface area contributed by atoms with E-state index in [0.29, 0.717) is 12.8 Å². The highest BCUT2D eigenvalue weighted by atomic mass is 16.4. The Kier molecular flexibility index (Phi) is 7.53. The number of rotatable bonds is 9. The van der Waals surface area contributed by atoms with Crippen LogP contribution in [-0.4, -0.2) is 23.0 Å². The second kappa shape index (κ2) is 8.94. The number of hydrogen-bond acceptors (Lipinski definition) is 2. The predicted octanol–water partition coefficient (Wildman–Crippen LogP) is 3.11. The molecule has 1 aliphatic carbocycles. The fourth-order valence-electron chi connectivity index (χ4n) is 2.77. The molecule has 19 heavy (non-hydrogen) atoms. The summed E-state index contributed by atoms with van der Waals surface area (Å²) in [6, 6.07) is -0.148. The van der Waals surface area contributed by atoms with E-state index in [1.54, 1.807) is 0 Å². The molecular weight excluding hydrogens is 242 g/mol. The third-order valence-corrected chi connectivity index (χ3v) is 3.94. The van der Waals surface area contributed by atoms with E-state index >= 15 is 0 Å². The van der Waals surface area contributed by atoms with E-state index in [0.717, 1.165) is 25.7 Å². The van der Waals surface area contributed by atoms with Crippen LogP contribution in [0.25, 0.3) is 0 Å². The third kappa shape index (κ3) is 6.08. The van der Waals surface area contributed by atoms with Crippen LogP contribution in [0.15, 0.2) is 0 Å². The van der Waals surface area contributed by atoms with Crippen molar-refractivity contribution in [1.82, 2.24) is 5.32 Å². The normalized spacial score (nSPS) is 22.4. The van der Waals surface area contributed by atoms with Gasteiger partial charge in [-0.05, 0) is 19.3 Å². The molecule has 2 N–H and O–H groups in total. The molecule has 0 spiro atoms. The minimum absolute atomic E-state index is 0.0219. The first kappa shape index (κ1) is 16.0. The highest BCUT2D eigenvalue weighted by Gasteiger charge is 2.33. The molecule has 0 aromatic carbocycles. The van der Waals surface area contributed by atoms with Crippen molar-refractivity contribution in [2.24, 2.45) is 5.92 Å². The van der Waals surface area contributed by atoms with E-state index in [1.165, 1.54) is 25.7 Å². The summed E-state index contributed by atoms with van der Waals surface area (Å²) in [4.78, 5) is 22.8. The fraction of sp³-hybridized carbons (Fsp3) is 0.867. The molecule has 1 rings (SSSR count). The fourth-order valence-corrected chi connectivity index (χ4v) is 2.77. The molecule has 0 saturated heterocycles. The lowest BCUT2D eigenvalue weighted by Gasteiger charge is -2.17. The Bertz CT molecular complexity index is 291. The molecule has 1 aliphatic rings. The van der Waals surface area contributed by atoms with Crippen molar-refractivity contribution in [3.05, 3.63) is 0 Å². The van der Waals surface area contributed by atoms with Gasteiger partial charge in [0.1, 0.15) is 0 Å². The Morgan fingerprint density at radius 2 is 1.79 bits per heavy atom. The van der Waals surface area contributed by atoms with Gasteiger partial charge in [0.25, 0.3) is 0 Å². The summed E-state index contributed by atoms with van der Waals surface area (Å²) in [6.07, 6.45) is 9.91. The van der Waals surface area contributed by atoms with Crippen molar-refractivity contribution in [2.75, 3.05) is 0 Å². The summed E-state index contributed by atoms with van der Waals surface area (Å²) in [5.41, 5.74) is 0. The maximum atomic E-state index is 11.8. The largest absolute Gasteiger partial charge is 0.481 e. The molecule has 0 aromatic rings. The Balaban J connectivity index is 2.12. The van der Waals surface area contributed by atoms with Crippen molar-refractivity contribution in [3.63, 3.8) is 0 Å². The van der Waals surface area contributed by atoms with Crippen LogP contribution in [0.2, 0.25) is 0 Å². The number of hydrogen-bond donors (Lipinski definition) is 2. The lowest BCUT2D eigenvalue weighted by Crippen LogP contribution is -2.40. The van der Waals surface area contributed by atoms with Gasteiger partial charge in [0.05, 0.1) is 5.92 Å². The second-order valence-electron chi connectivity index (χ2n) is 5.57. The predicted molar refractivity (Wildman–Crippen MR) is 74.9 cm³/mol. The first-order valence-corrected chi connectivity index (χ1v) is 7.67. The smallest absolute Gasteiger partial charge is 0.308 e. The number of carboxylic acid groups (broad SMARTS) is 1. The van der Waals surface area contributed by atoms with Crippen molar-refractivity contribution in [1.29, 1.82) is 0 Å². The van der Waals surface area contributed by atoms with E-state index in [9.17, 15) is 9.59 Å². The number of carbonyl (C=O) groups excluding carboxylic acids is 1. The van der Waals surface area contributed by atoms with E-state index in [2.05, 4.69) is 12.2 Å². The molecule has 2 unspecified atom stereocenters. The van der Waals surface area contributed by atoms with E-state index < -0.39 is 5.97 Å². The zero-order chi connectivity index (χ0) is 14.1. The van der Waals surface area contributed by atoms with Crippen molar-refractivity contribution < 1.29 is 14.7 Å². The first-order valence-electron chi connectivity index (χ1n) is 7.67. The van der Waals surface area contributed by atoms with Gasteiger partial charge >= 0.3 is 5.97 Å². The zero-order valence-electron chi connectivity index (χ0n) is 12.0. The van der Waals surface area contributed by atoms with Crippen LogP contribution in [0.1, 0.15) is 71.1 Å². The maximum absolute atomic E-state index is 11.8. The van der Waals surface area contributed by atoms with Crippen LogP contribution in [0.5, 0.6) is 0 Å². The SMILES string of the molecule is CCCCCCCCC(=O)NC1CCCC1C(=O)O. The molecule has 0 bridgehead atoms. The van der Waals surface area contributed by atoms with Gasteiger partial charge in [-0.15, -0.1) is 0 Å². The van der Waals surface area contributed by atoms with Gasteiger partial charge in [-0.25, -0.2) is 0 Å². The van der Waals surface area contributed by atoms with Crippen LogP contribution >= 0.6 is 0 Å². The summed E-state index contributed by atoms with van der Waals surface area (Å²) in [6.45, 7) is 2.19. The zero-order valence-corrected chi connectivity index (χ0v) is 12.0. The Hall–Kier alpha value is -1.06. The summed E-state index contributed by atoms with van der Waals surface area (Å²) in [5.74, 6) is -1.13. The molecular formula is C15H27NO3. The number of amides is 1. The molecule has 0 aromatic heterocycles. The van der Waals surface area contributed by atoms with Crippen molar-refractivity contribution in [3.8, 4) is 0 Å². The topological polar surface area (TPSA) is 66.4 Å². The van der Waals surface area contributed by atoms with Gasteiger partial charge in [0.2, 0.25) is 5.91 Å². The molecule has 110 valence electrons. The lowest BCUT2D eigenvalue weighted by molar-refractivity contribution is -0.142. The molecule has 4 heteroatoms. The summed E-state index contributed by atoms with van der Waals surface area (Å²) < 4.78 is 0. The molecule has 0 radical (unpaired) electrons. The number of carboxylic acids is 1. The van der Waals surface area contributed by atoms with Gasteiger partial charge in [0.15, 0.2) is 0 Å². The average molecular weight is 269 g/mol. The Morgan fingerprint density at radius 3 is 2.47 bits per heavy atom. The first-order chi connectivity index (χ1) is 9.15. The van der Waals surface area contributed by atoms with Gasteiger partial charge in [-0.1, -0.05) is 45.4 Å². The average Bonchev–Trinajstić information content (AvgIpc) is 2.81. The molecule has 0 aliphatic heterocycles. The van der Waals surface area contributed by atoms with Crippen molar-refractivity contribution >= 4 is 11.9 Å². The second-order valence-corrected chi connectivity index (χ2v) is 5.57. The minimum Gasteiger partial charge on any atom is -0.481 e. The van der Waals surface area contributed by atoms with Crippen LogP contribution in [-0.2, 0) is 9.59 Å². The van der Waals surface area contributed by atoms with E-state index in [-0.39, 0.29) is 17.9 Å². The van der Waals surface area contributed by atoms with E-state index in [4.69, 9.17) is 5.11 Å². The highest BCUT2D eigenvalue weighted by molar-refractivity contribution is 5.78.